The van der Waals surface area contributed by atoms with E-state index >= 15 is 0 Å². The quantitative estimate of drug-likeness (QED) is 0.864. The lowest BCUT2D eigenvalue weighted by atomic mass is 10.1. The third kappa shape index (κ3) is 2.30. The Labute approximate surface area is 99.7 Å². The summed E-state index contributed by atoms with van der Waals surface area (Å²) in [5, 5.41) is 3.56. The van der Waals surface area contributed by atoms with Crippen LogP contribution in [0.25, 0.3) is 10.9 Å². The Hall–Kier alpha value is -1.84. The summed E-state index contributed by atoms with van der Waals surface area (Å²) >= 11 is 0. The number of aryl methyl sites for hydroxylation is 2. The Kier molecular flexibility index (Phi) is 2.88. The lowest BCUT2D eigenvalue weighted by Crippen LogP contribution is -2.14. The van der Waals surface area contributed by atoms with Crippen LogP contribution < -0.4 is 10.9 Å². The molecule has 0 saturated heterocycles. The minimum atomic E-state index is -0.337. The maximum atomic E-state index is 11.9. The number of nitrogens with zero attached hydrogens (tertiary/aromatic N) is 1. The molecule has 2 aromatic rings. The molecule has 0 radical (unpaired) electrons. The van der Waals surface area contributed by atoms with E-state index in [1.807, 2.05) is 39.8 Å². The molecule has 0 spiro atoms. The number of fused-ring (bicyclic) bond motifs is 1. The molecule has 2 rings (SSSR count). The van der Waals surface area contributed by atoms with Crippen LogP contribution in [0.2, 0.25) is 0 Å². The summed E-state index contributed by atoms with van der Waals surface area (Å²) in [6.07, 6.45) is 0. The lowest BCUT2D eigenvalue weighted by molar-refractivity contribution is 0.511. The Morgan fingerprint density at radius 2 is 2.00 bits per heavy atom. The molecular formula is C13H16N2O2. The Morgan fingerprint density at radius 1 is 1.29 bits per heavy atom. The summed E-state index contributed by atoms with van der Waals surface area (Å²) in [4.78, 5) is 16.2. The normalized spacial score (nSPS) is 11.1. The molecule has 90 valence electrons. The molecule has 0 aliphatic rings. The van der Waals surface area contributed by atoms with Crippen molar-refractivity contribution in [3.63, 3.8) is 0 Å². The fraction of sp³-hybridized carbons (Fsp3) is 0.385. The summed E-state index contributed by atoms with van der Waals surface area (Å²) in [5.41, 5.74) is 2.33. The van der Waals surface area contributed by atoms with Crippen molar-refractivity contribution in [3.05, 3.63) is 33.7 Å². The molecule has 0 saturated carbocycles. The third-order valence-corrected chi connectivity index (χ3v) is 2.49. The monoisotopic (exact) mass is 232 g/mol. The maximum Gasteiger partial charge on any atom is 0.348 e. The second-order valence-electron chi connectivity index (χ2n) is 4.58. The van der Waals surface area contributed by atoms with E-state index in [1.165, 1.54) is 0 Å². The molecule has 0 amide bonds. The number of hydrogen-bond donors (Lipinski definition) is 1. The second kappa shape index (κ2) is 4.20. The van der Waals surface area contributed by atoms with Gasteiger partial charge in [0.05, 0.1) is 10.9 Å². The van der Waals surface area contributed by atoms with E-state index < -0.39 is 0 Å². The van der Waals surface area contributed by atoms with Gasteiger partial charge in [-0.15, -0.1) is 0 Å². The highest BCUT2D eigenvalue weighted by atomic mass is 16.4. The van der Waals surface area contributed by atoms with Gasteiger partial charge in [-0.25, -0.2) is 4.79 Å². The van der Waals surface area contributed by atoms with E-state index in [0.29, 0.717) is 10.9 Å². The molecular weight excluding hydrogens is 216 g/mol. The number of anilines is 1. The highest BCUT2D eigenvalue weighted by Crippen LogP contribution is 2.17. The Balaban J connectivity index is 2.69. The highest BCUT2D eigenvalue weighted by Gasteiger charge is 2.09. The first-order chi connectivity index (χ1) is 7.97. The number of nitrogens with one attached hydrogen (secondary N) is 1. The van der Waals surface area contributed by atoms with Crippen molar-refractivity contribution < 1.29 is 4.42 Å². The zero-order valence-electron chi connectivity index (χ0n) is 10.5. The molecule has 1 heterocycles. The molecule has 0 unspecified atom stereocenters. The van der Waals surface area contributed by atoms with Gasteiger partial charge >= 0.3 is 5.63 Å². The van der Waals surface area contributed by atoms with Crippen molar-refractivity contribution in [3.8, 4) is 0 Å². The van der Waals surface area contributed by atoms with Gasteiger partial charge < -0.3 is 9.73 Å². The van der Waals surface area contributed by atoms with E-state index in [9.17, 15) is 4.79 Å². The fourth-order valence-electron chi connectivity index (χ4n) is 1.88. The van der Waals surface area contributed by atoms with Crippen molar-refractivity contribution in [2.24, 2.45) is 0 Å². The van der Waals surface area contributed by atoms with Crippen LogP contribution in [0.3, 0.4) is 0 Å². The van der Waals surface area contributed by atoms with Crippen LogP contribution in [-0.2, 0) is 0 Å². The zero-order chi connectivity index (χ0) is 12.6. The second-order valence-corrected chi connectivity index (χ2v) is 4.58. The van der Waals surface area contributed by atoms with Gasteiger partial charge in [0.1, 0.15) is 0 Å². The molecule has 4 heteroatoms. The first-order valence-corrected chi connectivity index (χ1v) is 5.66. The van der Waals surface area contributed by atoms with Gasteiger partial charge in [-0.2, -0.15) is 4.98 Å². The predicted molar refractivity (Wildman–Crippen MR) is 68.5 cm³/mol. The van der Waals surface area contributed by atoms with Gasteiger partial charge in [0.25, 0.3) is 6.01 Å². The molecule has 0 fully saturated rings. The minimum Gasteiger partial charge on any atom is -0.389 e. The molecule has 0 aliphatic carbocycles. The molecule has 4 nitrogen and oxygen atoms in total. The molecule has 0 aliphatic heterocycles. The number of aromatic nitrogens is 1. The van der Waals surface area contributed by atoms with Crippen molar-refractivity contribution in [2.75, 3.05) is 5.32 Å². The molecule has 1 N–H and O–H groups in total. The standard InChI is InChI=1S/C13H16N2O2/c1-7(2)14-13-15-10-6-8(3)5-9(4)11(10)12(16)17-13/h5-7H,1-4H3,(H,14,15). The predicted octanol–water partition coefficient (Wildman–Crippen LogP) is 2.63. The third-order valence-electron chi connectivity index (χ3n) is 2.49. The Bertz CT molecular complexity index is 615. The average molecular weight is 232 g/mol. The molecule has 0 atom stereocenters. The van der Waals surface area contributed by atoms with Gasteiger partial charge in [-0.3, -0.25) is 0 Å². The maximum absolute atomic E-state index is 11.9. The lowest BCUT2D eigenvalue weighted by Gasteiger charge is -2.08. The molecule has 1 aromatic carbocycles. The van der Waals surface area contributed by atoms with Crippen LogP contribution >= 0.6 is 0 Å². The first kappa shape index (κ1) is 11.6. The van der Waals surface area contributed by atoms with Crippen LogP contribution in [-0.4, -0.2) is 11.0 Å². The van der Waals surface area contributed by atoms with E-state index in [4.69, 9.17) is 4.42 Å². The summed E-state index contributed by atoms with van der Waals surface area (Å²) in [7, 11) is 0. The zero-order valence-corrected chi connectivity index (χ0v) is 10.5. The van der Waals surface area contributed by atoms with E-state index in [0.717, 1.165) is 11.1 Å². The van der Waals surface area contributed by atoms with E-state index in [-0.39, 0.29) is 17.7 Å². The number of benzene rings is 1. The Morgan fingerprint density at radius 3 is 2.65 bits per heavy atom. The smallest absolute Gasteiger partial charge is 0.348 e. The summed E-state index contributed by atoms with van der Waals surface area (Å²) in [6.45, 7) is 7.81. The van der Waals surface area contributed by atoms with Gasteiger partial charge in [-0.1, -0.05) is 6.07 Å². The van der Waals surface area contributed by atoms with Gasteiger partial charge in [0, 0.05) is 6.04 Å². The van der Waals surface area contributed by atoms with Crippen LogP contribution in [0.4, 0.5) is 6.01 Å². The van der Waals surface area contributed by atoms with E-state index in [1.54, 1.807) is 0 Å². The number of rotatable bonds is 2. The summed E-state index contributed by atoms with van der Waals surface area (Å²) < 4.78 is 5.14. The molecule has 17 heavy (non-hydrogen) atoms. The average Bonchev–Trinajstić information content (AvgIpc) is 2.13. The van der Waals surface area contributed by atoms with Gasteiger partial charge in [0.15, 0.2) is 0 Å². The van der Waals surface area contributed by atoms with Crippen molar-refractivity contribution in [1.29, 1.82) is 0 Å². The molecule has 0 bridgehead atoms. The molecule has 1 aromatic heterocycles. The number of hydrogen-bond acceptors (Lipinski definition) is 4. The van der Waals surface area contributed by atoms with Crippen molar-refractivity contribution in [2.45, 2.75) is 33.7 Å². The highest BCUT2D eigenvalue weighted by molar-refractivity contribution is 5.82. The fourth-order valence-corrected chi connectivity index (χ4v) is 1.88. The SMILES string of the molecule is Cc1cc(C)c2c(=O)oc(NC(C)C)nc2c1. The van der Waals surface area contributed by atoms with Crippen molar-refractivity contribution >= 4 is 16.9 Å². The van der Waals surface area contributed by atoms with E-state index in [2.05, 4.69) is 10.3 Å². The summed E-state index contributed by atoms with van der Waals surface area (Å²) in [5.74, 6) is 0. The minimum absolute atomic E-state index is 0.175. The summed E-state index contributed by atoms with van der Waals surface area (Å²) in [6, 6.07) is 4.30. The topological polar surface area (TPSA) is 55.1 Å². The van der Waals surface area contributed by atoms with Crippen LogP contribution in [0.5, 0.6) is 0 Å². The van der Waals surface area contributed by atoms with Crippen LogP contribution in [0.1, 0.15) is 25.0 Å². The van der Waals surface area contributed by atoms with Gasteiger partial charge in [-0.05, 0) is 44.9 Å². The first-order valence-electron chi connectivity index (χ1n) is 5.66. The van der Waals surface area contributed by atoms with Crippen LogP contribution in [0.15, 0.2) is 21.3 Å². The van der Waals surface area contributed by atoms with Gasteiger partial charge in [0.2, 0.25) is 0 Å². The van der Waals surface area contributed by atoms with Crippen LogP contribution in [0, 0.1) is 13.8 Å². The van der Waals surface area contributed by atoms with Crippen molar-refractivity contribution in [1.82, 2.24) is 4.98 Å². The largest absolute Gasteiger partial charge is 0.389 e.